The number of aryl methyl sites for hydroxylation is 5. The van der Waals surface area contributed by atoms with Gasteiger partial charge in [0.05, 0.1) is 0 Å². The molecule has 0 atom stereocenters. The average molecular weight is 334 g/mol. The Hall–Kier alpha value is -2.41. The maximum absolute atomic E-state index is 12.2. The molecule has 3 aromatic rings. The molecule has 0 saturated carbocycles. The number of hydrogen-bond donors (Lipinski definition) is 0. The zero-order valence-electron chi connectivity index (χ0n) is 15.4. The van der Waals surface area contributed by atoms with Crippen LogP contribution in [0.5, 0.6) is 0 Å². The molecule has 0 aromatic heterocycles. The Morgan fingerprint density at radius 3 is 1.28 bits per heavy atom. The summed E-state index contributed by atoms with van der Waals surface area (Å²) in [4.78, 5) is 0. The summed E-state index contributed by atoms with van der Waals surface area (Å²) in [6.45, 7) is 6.31. The van der Waals surface area contributed by atoms with E-state index in [1.54, 1.807) is 12.1 Å². The molecule has 0 aliphatic rings. The topological polar surface area (TPSA) is 0 Å². The minimum Gasteiger partial charge on any atom is -0.207 e. The molecule has 130 valence electrons. The van der Waals surface area contributed by atoms with Crippen LogP contribution in [0.3, 0.4) is 0 Å². The van der Waals surface area contributed by atoms with Gasteiger partial charge in [0.25, 0.3) is 0 Å². The lowest BCUT2D eigenvalue weighted by Crippen LogP contribution is -1.91. The van der Waals surface area contributed by atoms with Crippen LogP contribution in [0.25, 0.3) is 0 Å². The molecule has 0 radical (unpaired) electrons. The van der Waals surface area contributed by atoms with Gasteiger partial charge >= 0.3 is 0 Å². The Balaban J connectivity index is 0.000000212. The van der Waals surface area contributed by atoms with Crippen molar-refractivity contribution in [3.63, 3.8) is 0 Å². The summed E-state index contributed by atoms with van der Waals surface area (Å²) in [5.41, 5.74) is 6.69. The highest BCUT2D eigenvalue weighted by Crippen LogP contribution is 2.09. The van der Waals surface area contributed by atoms with Crippen molar-refractivity contribution in [1.29, 1.82) is 0 Å². The molecule has 0 spiro atoms. The Bertz CT molecular complexity index is 692. The Morgan fingerprint density at radius 1 is 0.560 bits per heavy atom. The molecule has 0 unspecified atom stereocenters. The minimum absolute atomic E-state index is 0.160. The fraction of sp³-hybridized carbons (Fsp3) is 0.250. The zero-order chi connectivity index (χ0) is 18.1. The molecule has 0 aliphatic heterocycles. The summed E-state index contributed by atoms with van der Waals surface area (Å²) >= 11 is 0. The first kappa shape index (κ1) is 18.9. The van der Waals surface area contributed by atoms with E-state index in [1.165, 1.54) is 39.9 Å². The first-order valence-electron chi connectivity index (χ1n) is 8.92. The molecule has 0 bridgehead atoms. The minimum atomic E-state index is -0.160. The maximum atomic E-state index is 12.2. The largest absolute Gasteiger partial charge is 0.207 e. The molecule has 25 heavy (non-hydrogen) atoms. The second-order valence-corrected chi connectivity index (χ2v) is 6.45. The van der Waals surface area contributed by atoms with E-state index in [9.17, 15) is 4.39 Å². The van der Waals surface area contributed by atoms with Crippen molar-refractivity contribution in [2.24, 2.45) is 0 Å². The Labute approximate surface area is 151 Å². The number of halogens is 1. The summed E-state index contributed by atoms with van der Waals surface area (Å²) in [5, 5.41) is 0. The van der Waals surface area contributed by atoms with E-state index in [0.29, 0.717) is 0 Å². The predicted molar refractivity (Wildman–Crippen MR) is 106 cm³/mol. The average Bonchev–Trinajstić information content (AvgIpc) is 2.64. The number of benzene rings is 3. The molecule has 1 heteroatoms. The van der Waals surface area contributed by atoms with Gasteiger partial charge in [0.2, 0.25) is 0 Å². The van der Waals surface area contributed by atoms with E-state index in [4.69, 9.17) is 0 Å². The standard InChI is InChI=1S/C16H18.C8H9F/c1-13-3-7-15(8-4-13)11-12-16-9-5-14(2)6-10-16;1-2-7-3-5-8(9)6-4-7/h3-10H,11-12H2,1-2H3;3-6H,2H2,1H3. The van der Waals surface area contributed by atoms with Crippen molar-refractivity contribution < 1.29 is 4.39 Å². The van der Waals surface area contributed by atoms with Gasteiger partial charge in [0.15, 0.2) is 0 Å². The molecule has 0 N–H and O–H groups in total. The molecule has 0 saturated heterocycles. The predicted octanol–water partition coefficient (Wildman–Crippen LogP) is 6.48. The first-order chi connectivity index (χ1) is 12.1. The highest BCUT2D eigenvalue weighted by Gasteiger charge is 1.95. The molecule has 3 aromatic carbocycles. The van der Waals surface area contributed by atoms with E-state index in [2.05, 4.69) is 62.4 Å². The van der Waals surface area contributed by atoms with Crippen LogP contribution in [0.15, 0.2) is 72.8 Å². The number of hydrogen-bond acceptors (Lipinski definition) is 0. The van der Waals surface area contributed by atoms with E-state index >= 15 is 0 Å². The highest BCUT2D eigenvalue weighted by atomic mass is 19.1. The molecule has 0 fully saturated rings. The van der Waals surface area contributed by atoms with E-state index < -0.39 is 0 Å². The smallest absolute Gasteiger partial charge is 0.123 e. The van der Waals surface area contributed by atoms with E-state index in [0.717, 1.165) is 19.3 Å². The molecule has 0 nitrogen and oxygen atoms in total. The zero-order valence-corrected chi connectivity index (χ0v) is 15.4. The van der Waals surface area contributed by atoms with Crippen molar-refractivity contribution in [3.05, 3.63) is 106 Å². The normalized spacial score (nSPS) is 10.1. The van der Waals surface area contributed by atoms with Gasteiger partial charge < -0.3 is 0 Å². The van der Waals surface area contributed by atoms with Crippen molar-refractivity contribution in [3.8, 4) is 0 Å². The maximum Gasteiger partial charge on any atom is 0.123 e. The quantitative estimate of drug-likeness (QED) is 0.512. The SMILES string of the molecule is CCc1ccc(F)cc1.Cc1ccc(CCc2ccc(C)cc2)cc1. The Kier molecular flexibility index (Phi) is 7.40. The van der Waals surface area contributed by atoms with E-state index in [1.807, 2.05) is 6.92 Å². The van der Waals surface area contributed by atoms with Crippen molar-refractivity contribution in [2.75, 3.05) is 0 Å². The molecule has 0 heterocycles. The summed E-state index contributed by atoms with van der Waals surface area (Å²) < 4.78 is 12.2. The van der Waals surface area contributed by atoms with Gasteiger partial charge in [-0.05, 0) is 61.9 Å². The second kappa shape index (κ2) is 9.78. The molecular formula is C24H27F. The third-order valence-corrected chi connectivity index (χ3v) is 4.27. The fourth-order valence-corrected chi connectivity index (χ4v) is 2.52. The summed E-state index contributed by atoms with van der Waals surface area (Å²) in [6.07, 6.45) is 3.23. The van der Waals surface area contributed by atoms with Gasteiger partial charge in [-0.25, -0.2) is 4.39 Å². The van der Waals surface area contributed by atoms with Crippen molar-refractivity contribution >= 4 is 0 Å². The summed E-state index contributed by atoms with van der Waals surface area (Å²) in [5.74, 6) is -0.160. The lowest BCUT2D eigenvalue weighted by atomic mass is 10.0. The van der Waals surface area contributed by atoms with Crippen LogP contribution >= 0.6 is 0 Å². The van der Waals surface area contributed by atoms with Gasteiger partial charge in [0.1, 0.15) is 5.82 Å². The molecular weight excluding hydrogens is 307 g/mol. The third-order valence-electron chi connectivity index (χ3n) is 4.27. The van der Waals surface area contributed by atoms with Gasteiger partial charge in [-0.2, -0.15) is 0 Å². The Morgan fingerprint density at radius 2 is 0.920 bits per heavy atom. The molecule has 3 rings (SSSR count). The van der Waals surface area contributed by atoms with Crippen LogP contribution in [-0.4, -0.2) is 0 Å². The van der Waals surface area contributed by atoms with E-state index in [-0.39, 0.29) is 5.82 Å². The van der Waals surface area contributed by atoms with Crippen LogP contribution in [0.1, 0.15) is 34.7 Å². The monoisotopic (exact) mass is 334 g/mol. The van der Waals surface area contributed by atoms with Crippen molar-refractivity contribution in [2.45, 2.75) is 40.0 Å². The van der Waals surface area contributed by atoms with Crippen LogP contribution in [0.2, 0.25) is 0 Å². The third kappa shape index (κ3) is 6.93. The number of rotatable bonds is 4. The van der Waals surface area contributed by atoms with Crippen LogP contribution in [0, 0.1) is 19.7 Å². The summed E-state index contributed by atoms with van der Waals surface area (Å²) in [6, 6.07) is 24.2. The van der Waals surface area contributed by atoms with Crippen LogP contribution in [0.4, 0.5) is 4.39 Å². The van der Waals surface area contributed by atoms with Crippen LogP contribution in [-0.2, 0) is 19.3 Å². The lowest BCUT2D eigenvalue weighted by Gasteiger charge is -2.03. The second-order valence-electron chi connectivity index (χ2n) is 6.45. The van der Waals surface area contributed by atoms with Gasteiger partial charge in [-0.1, -0.05) is 78.7 Å². The molecule has 0 amide bonds. The van der Waals surface area contributed by atoms with Gasteiger partial charge in [-0.15, -0.1) is 0 Å². The lowest BCUT2D eigenvalue weighted by molar-refractivity contribution is 0.627. The van der Waals surface area contributed by atoms with Gasteiger partial charge in [-0.3, -0.25) is 0 Å². The fourth-order valence-electron chi connectivity index (χ4n) is 2.52. The van der Waals surface area contributed by atoms with Crippen molar-refractivity contribution in [1.82, 2.24) is 0 Å². The highest BCUT2D eigenvalue weighted by molar-refractivity contribution is 5.25. The summed E-state index contributed by atoms with van der Waals surface area (Å²) in [7, 11) is 0. The first-order valence-corrected chi connectivity index (χ1v) is 8.92. The van der Waals surface area contributed by atoms with Gasteiger partial charge in [0, 0.05) is 0 Å². The molecule has 0 aliphatic carbocycles. The van der Waals surface area contributed by atoms with Crippen LogP contribution < -0.4 is 0 Å².